The summed E-state index contributed by atoms with van der Waals surface area (Å²) in [6.45, 7) is 12.3. The van der Waals surface area contributed by atoms with Crippen molar-refractivity contribution in [2.45, 2.75) is 40.5 Å². The Labute approximate surface area is 144 Å². The number of allylic oxidation sites excluding steroid dienone is 1. The maximum Gasteiger partial charge on any atom is 0.334 e. The molecule has 0 fully saturated rings. The average Bonchev–Trinajstić information content (AvgIpc) is 2.50. The van der Waals surface area contributed by atoms with E-state index in [0.29, 0.717) is 30.3 Å². The third-order valence-electron chi connectivity index (χ3n) is 4.82. The first-order valence-electron chi connectivity index (χ1n) is 8.51. The molecule has 2 rings (SSSR count). The van der Waals surface area contributed by atoms with Crippen LogP contribution < -0.4 is 0 Å². The van der Waals surface area contributed by atoms with Crippen LogP contribution in [0.15, 0.2) is 34.8 Å². The SMILES string of the molecule is C=C1N(C)C(=O)C2=C(CC(C)=C(C(=O)OCC)C2CC(C)C)N1C. The van der Waals surface area contributed by atoms with Gasteiger partial charge in [-0.25, -0.2) is 4.79 Å². The molecule has 132 valence electrons. The molecule has 1 amide bonds. The van der Waals surface area contributed by atoms with Crippen molar-refractivity contribution in [3.63, 3.8) is 0 Å². The fraction of sp³-hybridized carbons (Fsp3) is 0.579. The first-order chi connectivity index (χ1) is 11.2. The largest absolute Gasteiger partial charge is 0.463 e. The number of amides is 1. The normalized spacial score (nSPS) is 21.7. The molecule has 0 N–H and O–H groups in total. The van der Waals surface area contributed by atoms with Crippen LogP contribution in [-0.2, 0) is 14.3 Å². The van der Waals surface area contributed by atoms with Crippen LogP contribution in [0.5, 0.6) is 0 Å². The van der Waals surface area contributed by atoms with Crippen LogP contribution in [0, 0.1) is 11.8 Å². The smallest absolute Gasteiger partial charge is 0.334 e. The molecule has 1 heterocycles. The van der Waals surface area contributed by atoms with E-state index in [1.165, 1.54) is 0 Å². The molecule has 0 aromatic heterocycles. The van der Waals surface area contributed by atoms with E-state index in [1.54, 1.807) is 18.9 Å². The number of hydrogen-bond acceptors (Lipinski definition) is 4. The first kappa shape index (κ1) is 18.3. The molecule has 5 nitrogen and oxygen atoms in total. The van der Waals surface area contributed by atoms with Crippen LogP contribution in [-0.4, -0.2) is 42.4 Å². The van der Waals surface area contributed by atoms with Gasteiger partial charge in [-0.05, 0) is 26.2 Å². The molecule has 1 aliphatic heterocycles. The van der Waals surface area contributed by atoms with Crippen molar-refractivity contribution in [1.29, 1.82) is 0 Å². The van der Waals surface area contributed by atoms with Gasteiger partial charge in [0, 0.05) is 43.3 Å². The maximum atomic E-state index is 12.9. The molecule has 0 bridgehead atoms. The number of esters is 1. The molecule has 1 aliphatic carbocycles. The van der Waals surface area contributed by atoms with Gasteiger partial charge in [0.1, 0.15) is 5.82 Å². The number of carbonyl (C=O) groups excluding carboxylic acids is 2. The minimum atomic E-state index is -0.297. The van der Waals surface area contributed by atoms with Crippen LogP contribution in [0.1, 0.15) is 40.5 Å². The lowest BCUT2D eigenvalue weighted by molar-refractivity contribution is -0.139. The molecule has 0 spiro atoms. The van der Waals surface area contributed by atoms with Gasteiger partial charge in [0.2, 0.25) is 0 Å². The van der Waals surface area contributed by atoms with Crippen LogP contribution in [0.3, 0.4) is 0 Å². The van der Waals surface area contributed by atoms with Gasteiger partial charge in [-0.15, -0.1) is 0 Å². The lowest BCUT2D eigenvalue weighted by Crippen LogP contribution is -2.45. The summed E-state index contributed by atoms with van der Waals surface area (Å²) in [6.07, 6.45) is 1.32. The fourth-order valence-corrected chi connectivity index (χ4v) is 3.57. The number of nitrogens with zero attached hydrogens (tertiary/aromatic N) is 2. The summed E-state index contributed by atoms with van der Waals surface area (Å²) in [5, 5.41) is 0. The molecule has 0 saturated heterocycles. The predicted octanol–water partition coefficient (Wildman–Crippen LogP) is 3.06. The summed E-state index contributed by atoms with van der Waals surface area (Å²) in [5.74, 6) is 0.433. The monoisotopic (exact) mass is 332 g/mol. The van der Waals surface area contributed by atoms with E-state index in [2.05, 4.69) is 20.4 Å². The number of rotatable bonds is 4. The van der Waals surface area contributed by atoms with Crippen LogP contribution >= 0.6 is 0 Å². The van der Waals surface area contributed by atoms with E-state index in [9.17, 15) is 9.59 Å². The van der Waals surface area contributed by atoms with Crippen molar-refractivity contribution in [2.75, 3.05) is 20.7 Å². The standard InChI is InChI=1S/C19H28N2O3/c1-8-24-19(23)16-12(4)10-15-17(14(16)9-11(2)3)18(22)21(7)13(5)20(15)6/h11,14H,5,8-10H2,1-4,6-7H3. The van der Waals surface area contributed by atoms with Gasteiger partial charge in [-0.2, -0.15) is 0 Å². The van der Waals surface area contributed by atoms with Gasteiger partial charge < -0.3 is 9.64 Å². The summed E-state index contributed by atoms with van der Waals surface area (Å²) < 4.78 is 5.28. The van der Waals surface area contributed by atoms with E-state index < -0.39 is 0 Å². The minimum absolute atomic E-state index is 0.0620. The fourth-order valence-electron chi connectivity index (χ4n) is 3.57. The minimum Gasteiger partial charge on any atom is -0.463 e. The van der Waals surface area contributed by atoms with Crippen molar-refractivity contribution >= 4 is 11.9 Å². The van der Waals surface area contributed by atoms with Crippen LogP contribution in [0.25, 0.3) is 0 Å². The Kier molecular flexibility index (Phi) is 5.21. The number of carbonyl (C=O) groups is 2. The molecule has 24 heavy (non-hydrogen) atoms. The third-order valence-corrected chi connectivity index (χ3v) is 4.82. The Morgan fingerprint density at radius 2 is 1.96 bits per heavy atom. The van der Waals surface area contributed by atoms with Gasteiger partial charge in [0.15, 0.2) is 0 Å². The van der Waals surface area contributed by atoms with E-state index in [-0.39, 0.29) is 17.8 Å². The summed E-state index contributed by atoms with van der Waals surface area (Å²) in [6, 6.07) is 0. The van der Waals surface area contributed by atoms with Gasteiger partial charge >= 0.3 is 5.97 Å². The van der Waals surface area contributed by atoms with E-state index in [0.717, 1.165) is 23.3 Å². The molecular weight excluding hydrogens is 304 g/mol. The van der Waals surface area contributed by atoms with Crippen molar-refractivity contribution in [3.8, 4) is 0 Å². The average molecular weight is 332 g/mol. The van der Waals surface area contributed by atoms with Crippen LogP contribution in [0.2, 0.25) is 0 Å². The lowest BCUT2D eigenvalue weighted by Gasteiger charge is -2.43. The van der Waals surface area contributed by atoms with Crippen molar-refractivity contribution < 1.29 is 14.3 Å². The summed E-state index contributed by atoms with van der Waals surface area (Å²) in [4.78, 5) is 29.0. The van der Waals surface area contributed by atoms with Crippen molar-refractivity contribution in [1.82, 2.24) is 9.80 Å². The molecule has 0 aromatic carbocycles. The zero-order valence-corrected chi connectivity index (χ0v) is 15.6. The van der Waals surface area contributed by atoms with Gasteiger partial charge in [-0.3, -0.25) is 9.69 Å². The van der Waals surface area contributed by atoms with Crippen molar-refractivity contribution in [2.24, 2.45) is 11.8 Å². The van der Waals surface area contributed by atoms with Crippen LogP contribution in [0.4, 0.5) is 0 Å². The second kappa shape index (κ2) is 6.83. The quantitative estimate of drug-likeness (QED) is 0.743. The third kappa shape index (κ3) is 2.99. The molecule has 1 atom stereocenters. The van der Waals surface area contributed by atoms with Crippen molar-refractivity contribution in [3.05, 3.63) is 34.8 Å². The Balaban J connectivity index is 2.58. The molecular formula is C19H28N2O3. The highest BCUT2D eigenvalue weighted by atomic mass is 16.5. The lowest BCUT2D eigenvalue weighted by atomic mass is 9.75. The second-order valence-corrected chi connectivity index (χ2v) is 6.97. The highest BCUT2D eigenvalue weighted by Crippen LogP contribution is 2.43. The first-order valence-corrected chi connectivity index (χ1v) is 8.51. The van der Waals surface area contributed by atoms with Gasteiger partial charge in [0.25, 0.3) is 5.91 Å². The maximum absolute atomic E-state index is 12.9. The number of ether oxygens (including phenoxy) is 1. The highest BCUT2D eigenvalue weighted by molar-refractivity contribution is 6.01. The Bertz CT molecular complexity index is 643. The highest BCUT2D eigenvalue weighted by Gasteiger charge is 2.42. The number of likely N-dealkylation sites (N-methyl/N-ethyl adjacent to an activating group) is 1. The Morgan fingerprint density at radius 3 is 2.50 bits per heavy atom. The zero-order valence-electron chi connectivity index (χ0n) is 15.6. The molecule has 0 saturated carbocycles. The molecule has 1 unspecified atom stereocenters. The van der Waals surface area contributed by atoms with E-state index in [4.69, 9.17) is 4.74 Å². The zero-order chi connectivity index (χ0) is 18.2. The Morgan fingerprint density at radius 1 is 1.33 bits per heavy atom. The molecule has 0 radical (unpaired) electrons. The van der Waals surface area contributed by atoms with Gasteiger partial charge in [0.05, 0.1) is 6.61 Å². The Hall–Kier alpha value is -2.04. The topological polar surface area (TPSA) is 49.9 Å². The summed E-state index contributed by atoms with van der Waals surface area (Å²) in [5.41, 5.74) is 3.32. The second-order valence-electron chi connectivity index (χ2n) is 6.97. The molecule has 5 heteroatoms. The van der Waals surface area contributed by atoms with Gasteiger partial charge in [-0.1, -0.05) is 26.0 Å². The molecule has 0 aromatic rings. The summed E-state index contributed by atoms with van der Waals surface area (Å²) in [7, 11) is 3.66. The molecule has 2 aliphatic rings. The summed E-state index contributed by atoms with van der Waals surface area (Å²) >= 11 is 0. The predicted molar refractivity (Wildman–Crippen MR) is 93.6 cm³/mol. The van der Waals surface area contributed by atoms with E-state index >= 15 is 0 Å². The number of hydrogen-bond donors (Lipinski definition) is 0. The van der Waals surface area contributed by atoms with E-state index in [1.807, 2.05) is 18.9 Å².